The molecular formula is C16H17BrN2O2. The molecule has 0 radical (unpaired) electrons. The fourth-order valence-corrected chi connectivity index (χ4v) is 2.39. The van der Waals surface area contributed by atoms with Gasteiger partial charge >= 0.3 is 0 Å². The van der Waals surface area contributed by atoms with Crippen LogP contribution in [0.5, 0.6) is 5.75 Å². The maximum absolute atomic E-state index is 11.1. The zero-order chi connectivity index (χ0) is 15.2. The van der Waals surface area contributed by atoms with Crippen LogP contribution >= 0.6 is 15.9 Å². The summed E-state index contributed by atoms with van der Waals surface area (Å²) < 4.78 is 6.35. The quantitative estimate of drug-likeness (QED) is 0.857. The molecule has 0 spiro atoms. The van der Waals surface area contributed by atoms with Crippen LogP contribution in [-0.4, -0.2) is 13.0 Å². The fraction of sp³-hybridized carbons (Fsp3) is 0.188. The van der Waals surface area contributed by atoms with Gasteiger partial charge in [-0.25, -0.2) is 0 Å². The van der Waals surface area contributed by atoms with Crippen molar-refractivity contribution in [1.82, 2.24) is 0 Å². The van der Waals surface area contributed by atoms with E-state index in [2.05, 4.69) is 38.7 Å². The Bertz CT molecular complexity index is 644. The summed E-state index contributed by atoms with van der Waals surface area (Å²) in [6.07, 6.45) is 0. The molecule has 0 atom stereocenters. The maximum atomic E-state index is 11.1. The number of anilines is 2. The van der Waals surface area contributed by atoms with Gasteiger partial charge in [0.05, 0.1) is 12.8 Å². The predicted octanol–water partition coefficient (Wildman–Crippen LogP) is 4.03. The van der Waals surface area contributed by atoms with Gasteiger partial charge in [0.25, 0.3) is 0 Å². The molecule has 0 saturated carbocycles. The van der Waals surface area contributed by atoms with Gasteiger partial charge in [-0.1, -0.05) is 28.1 Å². The highest BCUT2D eigenvalue weighted by Crippen LogP contribution is 2.28. The van der Waals surface area contributed by atoms with E-state index in [0.717, 1.165) is 10.2 Å². The number of rotatable bonds is 5. The molecule has 2 N–H and O–H groups in total. The van der Waals surface area contributed by atoms with Crippen molar-refractivity contribution < 1.29 is 9.53 Å². The highest BCUT2D eigenvalue weighted by Gasteiger charge is 2.06. The van der Waals surface area contributed by atoms with Gasteiger partial charge in [0, 0.05) is 29.7 Å². The van der Waals surface area contributed by atoms with Crippen molar-refractivity contribution in [2.75, 3.05) is 17.7 Å². The highest BCUT2D eigenvalue weighted by molar-refractivity contribution is 9.10. The van der Waals surface area contributed by atoms with E-state index in [1.807, 2.05) is 30.3 Å². The van der Waals surface area contributed by atoms with Crippen LogP contribution < -0.4 is 15.4 Å². The lowest BCUT2D eigenvalue weighted by atomic mass is 10.2. The van der Waals surface area contributed by atoms with Gasteiger partial charge in [-0.3, -0.25) is 4.79 Å². The maximum Gasteiger partial charge on any atom is 0.221 e. The minimum atomic E-state index is -0.122. The Labute approximate surface area is 132 Å². The summed E-state index contributed by atoms with van der Waals surface area (Å²) in [5, 5.41) is 6.06. The molecule has 0 saturated heterocycles. The van der Waals surface area contributed by atoms with Gasteiger partial charge in [0.2, 0.25) is 5.91 Å². The summed E-state index contributed by atoms with van der Waals surface area (Å²) in [5.41, 5.74) is 2.77. The molecular weight excluding hydrogens is 332 g/mol. The van der Waals surface area contributed by atoms with Gasteiger partial charge < -0.3 is 15.4 Å². The van der Waals surface area contributed by atoms with E-state index in [9.17, 15) is 4.79 Å². The van der Waals surface area contributed by atoms with E-state index in [4.69, 9.17) is 4.74 Å². The molecule has 0 unspecified atom stereocenters. The second-order valence-electron chi connectivity index (χ2n) is 4.58. The Morgan fingerprint density at radius 3 is 2.71 bits per heavy atom. The van der Waals surface area contributed by atoms with Crippen LogP contribution in [-0.2, 0) is 11.3 Å². The number of carbonyl (C=O) groups excluding carboxylic acids is 1. The van der Waals surface area contributed by atoms with E-state index >= 15 is 0 Å². The molecule has 0 fully saturated rings. The topological polar surface area (TPSA) is 50.4 Å². The molecule has 21 heavy (non-hydrogen) atoms. The summed E-state index contributed by atoms with van der Waals surface area (Å²) in [6.45, 7) is 2.18. The number of hydrogen-bond acceptors (Lipinski definition) is 3. The third-order valence-corrected chi connectivity index (χ3v) is 3.39. The van der Waals surface area contributed by atoms with Crippen molar-refractivity contribution in [2.45, 2.75) is 13.5 Å². The zero-order valence-corrected chi connectivity index (χ0v) is 13.5. The van der Waals surface area contributed by atoms with Gasteiger partial charge in [-0.2, -0.15) is 0 Å². The number of benzene rings is 2. The normalized spacial score (nSPS) is 10.0. The number of methoxy groups -OCH3 is 1. The van der Waals surface area contributed by atoms with E-state index in [1.165, 1.54) is 12.5 Å². The summed E-state index contributed by atoms with van der Waals surface area (Å²) in [6, 6.07) is 13.7. The second kappa shape index (κ2) is 7.13. The third-order valence-electron chi connectivity index (χ3n) is 2.90. The first kappa shape index (κ1) is 15.4. The molecule has 0 aliphatic rings. The molecule has 0 bridgehead atoms. The van der Waals surface area contributed by atoms with Crippen LogP contribution in [0.1, 0.15) is 12.5 Å². The Hall–Kier alpha value is -2.01. The molecule has 0 aliphatic carbocycles. The van der Waals surface area contributed by atoms with Gasteiger partial charge in [-0.15, -0.1) is 0 Å². The molecule has 0 aromatic heterocycles. The summed E-state index contributed by atoms with van der Waals surface area (Å²) >= 11 is 3.46. The van der Waals surface area contributed by atoms with E-state index < -0.39 is 0 Å². The summed E-state index contributed by atoms with van der Waals surface area (Å²) in [5.74, 6) is 0.507. The highest BCUT2D eigenvalue weighted by atomic mass is 79.9. The largest absolute Gasteiger partial charge is 0.494 e. The lowest BCUT2D eigenvalue weighted by Gasteiger charge is -2.12. The molecule has 2 rings (SSSR count). The fourth-order valence-electron chi connectivity index (χ4n) is 1.95. The molecule has 2 aromatic carbocycles. The van der Waals surface area contributed by atoms with Crippen molar-refractivity contribution in [3.05, 3.63) is 52.5 Å². The first-order valence-corrected chi connectivity index (χ1v) is 7.31. The molecule has 0 aliphatic heterocycles. The number of carbonyl (C=O) groups is 1. The van der Waals surface area contributed by atoms with Crippen LogP contribution in [0, 0.1) is 0 Å². The van der Waals surface area contributed by atoms with Crippen molar-refractivity contribution >= 4 is 33.2 Å². The number of halogens is 1. The zero-order valence-electron chi connectivity index (χ0n) is 11.9. The first-order chi connectivity index (χ1) is 10.1. The smallest absolute Gasteiger partial charge is 0.221 e. The van der Waals surface area contributed by atoms with Gasteiger partial charge in [0.15, 0.2) is 0 Å². The number of amides is 1. The minimum Gasteiger partial charge on any atom is -0.494 e. The summed E-state index contributed by atoms with van der Waals surface area (Å²) in [4.78, 5) is 11.1. The number of ether oxygens (including phenoxy) is 1. The lowest BCUT2D eigenvalue weighted by molar-refractivity contribution is -0.114. The molecule has 110 valence electrons. The molecule has 2 aromatic rings. The van der Waals surface area contributed by atoms with Crippen LogP contribution in [0.15, 0.2) is 46.9 Å². The number of hydrogen-bond donors (Lipinski definition) is 2. The van der Waals surface area contributed by atoms with Gasteiger partial charge in [0.1, 0.15) is 5.75 Å². The average Bonchev–Trinajstić information content (AvgIpc) is 2.45. The Morgan fingerprint density at radius 2 is 2.05 bits per heavy atom. The van der Waals surface area contributed by atoms with Crippen LogP contribution in [0.3, 0.4) is 0 Å². The monoisotopic (exact) mass is 348 g/mol. The van der Waals surface area contributed by atoms with E-state index in [1.54, 1.807) is 7.11 Å². The minimum absolute atomic E-state index is 0.122. The molecule has 5 heteroatoms. The Balaban J connectivity index is 2.08. The van der Waals surface area contributed by atoms with Crippen molar-refractivity contribution in [1.29, 1.82) is 0 Å². The predicted molar refractivity (Wildman–Crippen MR) is 88.8 cm³/mol. The Morgan fingerprint density at radius 1 is 1.24 bits per heavy atom. The second-order valence-corrected chi connectivity index (χ2v) is 5.50. The SMILES string of the molecule is COc1cc(NCc2cccc(Br)c2)ccc1NC(C)=O. The van der Waals surface area contributed by atoms with Crippen LogP contribution in [0.4, 0.5) is 11.4 Å². The third kappa shape index (κ3) is 4.49. The van der Waals surface area contributed by atoms with E-state index in [0.29, 0.717) is 18.0 Å². The van der Waals surface area contributed by atoms with Crippen LogP contribution in [0.2, 0.25) is 0 Å². The number of nitrogens with one attached hydrogen (secondary N) is 2. The van der Waals surface area contributed by atoms with Gasteiger partial charge in [-0.05, 0) is 29.8 Å². The summed E-state index contributed by atoms with van der Waals surface area (Å²) in [7, 11) is 1.58. The van der Waals surface area contributed by atoms with Crippen LogP contribution in [0.25, 0.3) is 0 Å². The average molecular weight is 349 g/mol. The van der Waals surface area contributed by atoms with Crippen molar-refractivity contribution in [3.8, 4) is 5.75 Å². The Kier molecular flexibility index (Phi) is 5.22. The lowest BCUT2D eigenvalue weighted by Crippen LogP contribution is -2.07. The van der Waals surface area contributed by atoms with Crippen molar-refractivity contribution in [2.24, 2.45) is 0 Å². The first-order valence-electron chi connectivity index (χ1n) is 6.52. The van der Waals surface area contributed by atoms with E-state index in [-0.39, 0.29) is 5.91 Å². The molecule has 4 nitrogen and oxygen atoms in total. The standard InChI is InChI=1S/C16H17BrN2O2/c1-11(20)19-15-7-6-14(9-16(15)21-2)18-10-12-4-3-5-13(17)8-12/h3-9,18H,10H2,1-2H3,(H,19,20). The van der Waals surface area contributed by atoms with Crippen molar-refractivity contribution in [3.63, 3.8) is 0 Å². The molecule has 0 heterocycles. The molecule has 1 amide bonds.